The predicted molar refractivity (Wildman–Crippen MR) is 146 cm³/mol. The lowest BCUT2D eigenvalue weighted by Gasteiger charge is -2.06. The predicted octanol–water partition coefficient (Wildman–Crippen LogP) is 5.61. The molecule has 0 aliphatic rings. The van der Waals surface area contributed by atoms with Crippen molar-refractivity contribution >= 4 is 77.4 Å². The van der Waals surface area contributed by atoms with E-state index in [1.54, 1.807) is 35.4 Å². The highest BCUT2D eigenvalue weighted by Crippen LogP contribution is 2.31. The van der Waals surface area contributed by atoms with E-state index in [9.17, 15) is 9.59 Å². The van der Waals surface area contributed by atoms with Gasteiger partial charge in [0.25, 0.3) is 0 Å². The Balaban J connectivity index is 1.41. The molecule has 2 amide bonds. The highest BCUT2D eigenvalue weighted by molar-refractivity contribution is 8.00. The topological polar surface area (TPSA) is 82.9 Å². The van der Waals surface area contributed by atoms with Crippen LogP contribution in [0.5, 0.6) is 0 Å². The largest absolute Gasteiger partial charge is 0.272 e. The fourth-order valence-electron chi connectivity index (χ4n) is 2.51. The second kappa shape index (κ2) is 13.8. The maximum atomic E-state index is 12.0. The maximum absolute atomic E-state index is 12.0. The van der Waals surface area contributed by atoms with E-state index in [2.05, 4.69) is 34.4 Å². The second-order valence-electron chi connectivity index (χ2n) is 6.55. The lowest BCUT2D eigenvalue weighted by atomic mass is 10.4. The van der Waals surface area contributed by atoms with Crippen LogP contribution in [0.2, 0.25) is 0 Å². The zero-order chi connectivity index (χ0) is 24.2. The Hall–Kier alpha value is -2.79. The van der Waals surface area contributed by atoms with Gasteiger partial charge in [0.15, 0.2) is 0 Å². The van der Waals surface area contributed by atoms with E-state index in [0.717, 1.165) is 29.3 Å². The van der Waals surface area contributed by atoms with Gasteiger partial charge in [-0.3, -0.25) is 9.59 Å². The smallest absolute Gasteiger partial charge is 0.250 e. The Morgan fingerprint density at radius 1 is 0.794 bits per heavy atom. The molecular formula is C24H22N4O2S4. The van der Waals surface area contributed by atoms with E-state index in [1.807, 2.05) is 60.7 Å². The Morgan fingerprint density at radius 2 is 1.29 bits per heavy atom. The van der Waals surface area contributed by atoms with Crippen LogP contribution in [-0.2, 0) is 9.59 Å². The molecule has 2 N–H and O–H groups in total. The number of benzene rings is 2. The highest BCUT2D eigenvalue weighted by Gasteiger charge is 2.05. The van der Waals surface area contributed by atoms with E-state index in [1.165, 1.54) is 23.5 Å². The van der Waals surface area contributed by atoms with Gasteiger partial charge < -0.3 is 0 Å². The van der Waals surface area contributed by atoms with E-state index < -0.39 is 0 Å². The molecule has 34 heavy (non-hydrogen) atoms. The first kappa shape index (κ1) is 25.8. The number of nitrogens with zero attached hydrogens (tertiary/aromatic N) is 2. The molecule has 0 unspecified atom stereocenters. The van der Waals surface area contributed by atoms with Gasteiger partial charge in [-0.15, -0.1) is 34.9 Å². The van der Waals surface area contributed by atoms with Crippen LogP contribution >= 0.6 is 46.6 Å². The summed E-state index contributed by atoms with van der Waals surface area (Å²) in [5.74, 6) is 0.241. The molecule has 0 saturated carbocycles. The van der Waals surface area contributed by atoms with Gasteiger partial charge in [-0.1, -0.05) is 24.4 Å². The van der Waals surface area contributed by atoms with Crippen molar-refractivity contribution in [2.24, 2.45) is 10.2 Å². The van der Waals surface area contributed by atoms with Crippen molar-refractivity contribution in [3.8, 4) is 0 Å². The first-order chi connectivity index (χ1) is 16.6. The summed E-state index contributed by atoms with van der Waals surface area (Å²) in [6.07, 6.45) is 3.42. The van der Waals surface area contributed by atoms with Crippen LogP contribution in [0.15, 0.2) is 97.0 Å². The molecule has 0 saturated heterocycles. The average Bonchev–Trinajstić information content (AvgIpc) is 3.31. The number of hydrogen-bond acceptors (Lipinski definition) is 8. The van der Waals surface area contributed by atoms with Crippen LogP contribution in [0.4, 0.5) is 0 Å². The molecule has 1 heterocycles. The molecule has 2 aromatic carbocycles. The lowest BCUT2D eigenvalue weighted by molar-refractivity contribution is -0.119. The third kappa shape index (κ3) is 8.86. The normalized spacial score (nSPS) is 10.7. The summed E-state index contributed by atoms with van der Waals surface area (Å²) in [5, 5.41) is 7.37. The number of nitrogens with one attached hydrogen (secondary N) is 2. The lowest BCUT2D eigenvalue weighted by Crippen LogP contribution is -2.19. The monoisotopic (exact) mass is 526 g/mol. The average molecular weight is 527 g/mol. The summed E-state index contributed by atoms with van der Waals surface area (Å²) in [6.45, 7) is 6.96. The standard InChI is InChI=1S/C24H22N4O2S4/c1-3-17-4-13-22(33-17)14-26-28-24(30)16-32-19-7-11-21(12-8-19)34-20-9-5-18(6-10-20)31-15-23(29)27-25-2/h3-14H,1-2,15-16H2,(H,27,29)(H,28,30)/b26-14+. The van der Waals surface area contributed by atoms with Gasteiger partial charge in [-0.2, -0.15) is 10.2 Å². The maximum Gasteiger partial charge on any atom is 0.250 e. The minimum Gasteiger partial charge on any atom is -0.272 e. The first-order valence-corrected chi connectivity index (χ1v) is 13.6. The Labute approximate surface area is 215 Å². The molecule has 0 bridgehead atoms. The highest BCUT2D eigenvalue weighted by atomic mass is 32.2. The van der Waals surface area contributed by atoms with Gasteiger partial charge in [0, 0.05) is 36.1 Å². The Kier molecular flexibility index (Phi) is 10.5. The van der Waals surface area contributed by atoms with Crippen LogP contribution in [0.25, 0.3) is 6.08 Å². The fourth-order valence-corrected chi connectivity index (χ4v) is 5.44. The molecule has 0 fully saturated rings. The van der Waals surface area contributed by atoms with E-state index in [-0.39, 0.29) is 17.6 Å². The van der Waals surface area contributed by atoms with Crippen molar-refractivity contribution in [1.82, 2.24) is 10.9 Å². The number of thioether (sulfide) groups is 2. The van der Waals surface area contributed by atoms with E-state index in [4.69, 9.17) is 0 Å². The number of carbonyl (C=O) groups is 2. The zero-order valence-corrected chi connectivity index (χ0v) is 21.4. The Morgan fingerprint density at radius 3 is 1.79 bits per heavy atom. The molecule has 0 atom stereocenters. The van der Waals surface area contributed by atoms with Crippen molar-refractivity contribution in [3.05, 3.63) is 77.0 Å². The molecule has 0 aliphatic heterocycles. The molecule has 10 heteroatoms. The van der Waals surface area contributed by atoms with Crippen LogP contribution in [0, 0.1) is 0 Å². The number of thiophene rings is 1. The van der Waals surface area contributed by atoms with Crippen LogP contribution in [0.3, 0.4) is 0 Å². The quantitative estimate of drug-likeness (QED) is 0.182. The molecule has 3 aromatic rings. The van der Waals surface area contributed by atoms with Crippen molar-refractivity contribution in [3.63, 3.8) is 0 Å². The molecule has 0 aliphatic carbocycles. The summed E-state index contributed by atoms with van der Waals surface area (Å²) in [4.78, 5) is 29.7. The van der Waals surface area contributed by atoms with Gasteiger partial charge in [0.05, 0.1) is 17.7 Å². The SMILES string of the molecule is C=Cc1ccc(/C=N/NC(=O)CSc2ccc(Sc3ccc(SCC(=O)NN=C)cc3)cc2)s1. The van der Waals surface area contributed by atoms with Gasteiger partial charge in [0.2, 0.25) is 11.8 Å². The third-order valence-electron chi connectivity index (χ3n) is 4.06. The molecule has 0 spiro atoms. The van der Waals surface area contributed by atoms with E-state index >= 15 is 0 Å². The summed E-state index contributed by atoms with van der Waals surface area (Å²) in [7, 11) is 0. The first-order valence-electron chi connectivity index (χ1n) is 9.98. The molecule has 174 valence electrons. The van der Waals surface area contributed by atoms with Crippen molar-refractivity contribution < 1.29 is 9.59 Å². The zero-order valence-electron chi connectivity index (χ0n) is 18.1. The third-order valence-corrected chi connectivity index (χ3v) is 8.11. The summed E-state index contributed by atoms with van der Waals surface area (Å²) in [6, 6.07) is 20.0. The van der Waals surface area contributed by atoms with Gasteiger partial charge in [-0.25, -0.2) is 10.9 Å². The van der Waals surface area contributed by atoms with Crippen molar-refractivity contribution in [2.75, 3.05) is 11.5 Å². The molecular weight excluding hydrogens is 505 g/mol. The fraction of sp³-hybridized carbons (Fsp3) is 0.0833. The molecule has 3 rings (SSSR count). The number of carbonyl (C=O) groups excluding carboxylic acids is 2. The number of rotatable bonds is 12. The summed E-state index contributed by atoms with van der Waals surface area (Å²) >= 11 is 6.11. The summed E-state index contributed by atoms with van der Waals surface area (Å²) < 4.78 is 0. The van der Waals surface area contributed by atoms with Crippen LogP contribution in [-0.4, -0.2) is 36.3 Å². The van der Waals surface area contributed by atoms with Crippen LogP contribution < -0.4 is 10.9 Å². The minimum atomic E-state index is -0.178. The number of hydrogen-bond donors (Lipinski definition) is 2. The van der Waals surface area contributed by atoms with Gasteiger partial charge in [0.1, 0.15) is 0 Å². The molecule has 1 aromatic heterocycles. The van der Waals surface area contributed by atoms with Gasteiger partial charge >= 0.3 is 0 Å². The van der Waals surface area contributed by atoms with Crippen molar-refractivity contribution in [2.45, 2.75) is 19.6 Å². The summed E-state index contributed by atoms with van der Waals surface area (Å²) in [5.41, 5.74) is 4.87. The van der Waals surface area contributed by atoms with Crippen molar-refractivity contribution in [1.29, 1.82) is 0 Å². The second-order valence-corrected chi connectivity index (χ2v) is 10.9. The van der Waals surface area contributed by atoms with Crippen LogP contribution in [0.1, 0.15) is 9.75 Å². The molecule has 0 radical (unpaired) electrons. The minimum absolute atomic E-state index is 0.156. The van der Waals surface area contributed by atoms with Gasteiger partial charge in [-0.05, 0) is 60.7 Å². The molecule has 6 nitrogen and oxygen atoms in total. The number of amides is 2. The number of hydrazone groups is 2. The Bertz CT molecular complexity index is 1160. The van der Waals surface area contributed by atoms with E-state index in [0.29, 0.717) is 5.75 Å².